The van der Waals surface area contributed by atoms with E-state index in [9.17, 15) is 5.11 Å². The molecule has 0 aliphatic rings. The van der Waals surface area contributed by atoms with Crippen LogP contribution in [0.25, 0.3) is 0 Å². The molecule has 0 aromatic heterocycles. The van der Waals surface area contributed by atoms with E-state index in [0.717, 1.165) is 6.42 Å². The van der Waals surface area contributed by atoms with E-state index < -0.39 is 5.60 Å². The number of ether oxygens (including phenoxy) is 1. The lowest BCUT2D eigenvalue weighted by molar-refractivity contribution is -0.0942. The standard InChI is InChI=1S/C11H25NO2/c1-6-10(3,4)14-9(2)7-11(5,13)8-12/h9,13H,6-8,12H2,1-5H3. The second kappa shape index (κ2) is 5.10. The Hall–Kier alpha value is -0.120. The van der Waals surface area contributed by atoms with Gasteiger partial charge in [0, 0.05) is 13.0 Å². The Labute approximate surface area is 87.6 Å². The van der Waals surface area contributed by atoms with Gasteiger partial charge in [0.15, 0.2) is 0 Å². The first kappa shape index (κ1) is 13.9. The van der Waals surface area contributed by atoms with Crippen LogP contribution >= 0.6 is 0 Å². The first-order valence-electron chi connectivity index (χ1n) is 5.33. The van der Waals surface area contributed by atoms with Gasteiger partial charge in [0.1, 0.15) is 0 Å². The summed E-state index contributed by atoms with van der Waals surface area (Å²) >= 11 is 0. The maximum Gasteiger partial charge on any atom is 0.0766 e. The Kier molecular flexibility index (Phi) is 5.06. The molecule has 3 N–H and O–H groups in total. The average Bonchev–Trinajstić information content (AvgIpc) is 2.02. The summed E-state index contributed by atoms with van der Waals surface area (Å²) in [6.45, 7) is 10.2. The minimum Gasteiger partial charge on any atom is -0.389 e. The summed E-state index contributed by atoms with van der Waals surface area (Å²) in [4.78, 5) is 0. The van der Waals surface area contributed by atoms with Crippen molar-refractivity contribution >= 4 is 0 Å². The van der Waals surface area contributed by atoms with Gasteiger partial charge in [-0.2, -0.15) is 0 Å². The summed E-state index contributed by atoms with van der Waals surface area (Å²) < 4.78 is 5.81. The van der Waals surface area contributed by atoms with E-state index in [1.165, 1.54) is 0 Å². The first-order chi connectivity index (χ1) is 6.22. The molecule has 0 aliphatic heterocycles. The molecule has 0 saturated heterocycles. The number of hydrogen-bond donors (Lipinski definition) is 2. The highest BCUT2D eigenvalue weighted by Crippen LogP contribution is 2.21. The number of hydrogen-bond acceptors (Lipinski definition) is 3. The van der Waals surface area contributed by atoms with E-state index in [2.05, 4.69) is 20.8 Å². The van der Waals surface area contributed by atoms with Gasteiger partial charge in [-0.1, -0.05) is 6.92 Å². The van der Waals surface area contributed by atoms with Crippen LogP contribution in [0.2, 0.25) is 0 Å². The Balaban J connectivity index is 4.04. The highest BCUT2D eigenvalue weighted by molar-refractivity contribution is 4.78. The van der Waals surface area contributed by atoms with E-state index in [1.54, 1.807) is 6.92 Å². The topological polar surface area (TPSA) is 55.5 Å². The summed E-state index contributed by atoms with van der Waals surface area (Å²) in [7, 11) is 0. The third-order valence-corrected chi connectivity index (χ3v) is 2.54. The number of aliphatic hydroxyl groups is 1. The molecule has 0 spiro atoms. The van der Waals surface area contributed by atoms with Crippen molar-refractivity contribution in [2.45, 2.75) is 64.8 Å². The smallest absolute Gasteiger partial charge is 0.0766 e. The zero-order valence-corrected chi connectivity index (χ0v) is 10.1. The Bertz CT molecular complexity index is 149. The Morgan fingerprint density at radius 3 is 2.21 bits per heavy atom. The molecule has 0 heterocycles. The second-order valence-electron chi connectivity index (χ2n) is 4.95. The molecule has 0 radical (unpaired) electrons. The second-order valence-corrected chi connectivity index (χ2v) is 4.95. The number of rotatable bonds is 6. The molecule has 0 aromatic rings. The highest BCUT2D eigenvalue weighted by Gasteiger charge is 2.26. The van der Waals surface area contributed by atoms with E-state index in [4.69, 9.17) is 10.5 Å². The van der Waals surface area contributed by atoms with Crippen molar-refractivity contribution in [1.29, 1.82) is 0 Å². The van der Waals surface area contributed by atoms with Crippen LogP contribution in [-0.4, -0.2) is 29.0 Å². The van der Waals surface area contributed by atoms with Crippen molar-refractivity contribution in [1.82, 2.24) is 0 Å². The summed E-state index contributed by atoms with van der Waals surface area (Å²) in [6.07, 6.45) is 1.57. The van der Waals surface area contributed by atoms with Crippen LogP contribution in [0, 0.1) is 0 Å². The summed E-state index contributed by atoms with van der Waals surface area (Å²) in [5.74, 6) is 0. The third kappa shape index (κ3) is 5.58. The maximum absolute atomic E-state index is 9.76. The molecule has 14 heavy (non-hydrogen) atoms. The fraction of sp³-hybridized carbons (Fsp3) is 1.00. The van der Waals surface area contributed by atoms with Crippen LogP contribution in [0.3, 0.4) is 0 Å². The van der Waals surface area contributed by atoms with Gasteiger partial charge in [-0.05, 0) is 34.1 Å². The van der Waals surface area contributed by atoms with Crippen LogP contribution in [0.4, 0.5) is 0 Å². The summed E-state index contributed by atoms with van der Waals surface area (Å²) in [5.41, 5.74) is 4.51. The SMILES string of the molecule is CCC(C)(C)OC(C)CC(C)(O)CN. The normalized spacial score (nSPS) is 19.1. The molecule has 0 fully saturated rings. The Morgan fingerprint density at radius 1 is 1.36 bits per heavy atom. The minimum absolute atomic E-state index is 0.0310. The molecule has 0 bridgehead atoms. The predicted octanol–water partition coefficient (Wildman–Crippen LogP) is 1.68. The molecule has 86 valence electrons. The molecule has 2 atom stereocenters. The largest absolute Gasteiger partial charge is 0.389 e. The van der Waals surface area contributed by atoms with Gasteiger partial charge < -0.3 is 15.6 Å². The van der Waals surface area contributed by atoms with E-state index >= 15 is 0 Å². The quantitative estimate of drug-likeness (QED) is 0.690. The van der Waals surface area contributed by atoms with Crippen molar-refractivity contribution in [2.24, 2.45) is 5.73 Å². The van der Waals surface area contributed by atoms with Crippen LogP contribution in [-0.2, 0) is 4.74 Å². The van der Waals surface area contributed by atoms with Gasteiger partial charge >= 0.3 is 0 Å². The van der Waals surface area contributed by atoms with Crippen molar-refractivity contribution < 1.29 is 9.84 Å². The third-order valence-electron chi connectivity index (χ3n) is 2.54. The van der Waals surface area contributed by atoms with Crippen LogP contribution in [0.15, 0.2) is 0 Å². The highest BCUT2D eigenvalue weighted by atomic mass is 16.5. The van der Waals surface area contributed by atoms with E-state index in [1.807, 2.05) is 6.92 Å². The fourth-order valence-electron chi connectivity index (χ4n) is 1.37. The molecular weight excluding hydrogens is 178 g/mol. The van der Waals surface area contributed by atoms with Crippen molar-refractivity contribution in [3.05, 3.63) is 0 Å². The molecule has 3 nitrogen and oxygen atoms in total. The van der Waals surface area contributed by atoms with Gasteiger partial charge in [-0.15, -0.1) is 0 Å². The van der Waals surface area contributed by atoms with Gasteiger partial charge in [0.25, 0.3) is 0 Å². The molecule has 0 amide bonds. The van der Waals surface area contributed by atoms with Crippen LogP contribution in [0.5, 0.6) is 0 Å². The van der Waals surface area contributed by atoms with Gasteiger partial charge in [-0.3, -0.25) is 0 Å². The lowest BCUT2D eigenvalue weighted by Crippen LogP contribution is -2.40. The molecule has 0 aromatic carbocycles. The van der Waals surface area contributed by atoms with Crippen molar-refractivity contribution in [3.63, 3.8) is 0 Å². The maximum atomic E-state index is 9.76. The number of nitrogens with two attached hydrogens (primary N) is 1. The van der Waals surface area contributed by atoms with E-state index in [-0.39, 0.29) is 18.2 Å². The zero-order chi connectivity index (χ0) is 11.4. The monoisotopic (exact) mass is 203 g/mol. The molecule has 3 heteroatoms. The average molecular weight is 203 g/mol. The molecule has 0 saturated carbocycles. The molecular formula is C11H25NO2. The van der Waals surface area contributed by atoms with Crippen LogP contribution < -0.4 is 5.73 Å². The predicted molar refractivity (Wildman–Crippen MR) is 59.2 cm³/mol. The van der Waals surface area contributed by atoms with E-state index in [0.29, 0.717) is 6.42 Å². The first-order valence-corrected chi connectivity index (χ1v) is 5.33. The lowest BCUT2D eigenvalue weighted by atomic mass is 9.98. The van der Waals surface area contributed by atoms with Gasteiger partial charge in [-0.25, -0.2) is 0 Å². The molecule has 0 aliphatic carbocycles. The zero-order valence-electron chi connectivity index (χ0n) is 10.1. The Morgan fingerprint density at radius 2 is 1.86 bits per heavy atom. The summed E-state index contributed by atoms with van der Waals surface area (Å²) in [5, 5.41) is 9.76. The van der Waals surface area contributed by atoms with Crippen LogP contribution in [0.1, 0.15) is 47.5 Å². The summed E-state index contributed by atoms with van der Waals surface area (Å²) in [6, 6.07) is 0. The van der Waals surface area contributed by atoms with Crippen molar-refractivity contribution in [3.8, 4) is 0 Å². The molecule has 2 unspecified atom stereocenters. The minimum atomic E-state index is -0.816. The fourth-order valence-corrected chi connectivity index (χ4v) is 1.37. The van der Waals surface area contributed by atoms with Gasteiger partial charge in [0.2, 0.25) is 0 Å². The molecule has 0 rings (SSSR count). The van der Waals surface area contributed by atoms with Gasteiger partial charge in [0.05, 0.1) is 17.3 Å². The van der Waals surface area contributed by atoms with Crippen molar-refractivity contribution in [2.75, 3.05) is 6.54 Å². The lowest BCUT2D eigenvalue weighted by Gasteiger charge is -2.32.